The van der Waals surface area contributed by atoms with E-state index >= 15 is 0 Å². The van der Waals surface area contributed by atoms with E-state index in [4.69, 9.17) is 0 Å². The van der Waals surface area contributed by atoms with Gasteiger partial charge in [0.05, 0.1) is 22.5 Å². The van der Waals surface area contributed by atoms with Crippen LogP contribution in [-0.4, -0.2) is 27.7 Å². The molecule has 1 N–H and O–H groups in total. The zero-order chi connectivity index (χ0) is 16.8. The topological polar surface area (TPSA) is 119 Å². The SMILES string of the molecule is O=[N+]([O-])c1ccc(C=NCC(O)c2ccc([N+](=O)[O-])cc2)cc1. The summed E-state index contributed by atoms with van der Waals surface area (Å²) < 4.78 is 0. The first-order valence-corrected chi connectivity index (χ1v) is 6.64. The lowest BCUT2D eigenvalue weighted by Crippen LogP contribution is -2.02. The Hall–Kier alpha value is -3.13. The number of benzene rings is 2. The average Bonchev–Trinajstić information content (AvgIpc) is 2.55. The van der Waals surface area contributed by atoms with E-state index in [9.17, 15) is 25.3 Å². The van der Waals surface area contributed by atoms with Crippen LogP contribution in [0.4, 0.5) is 11.4 Å². The number of nitro groups is 2. The summed E-state index contributed by atoms with van der Waals surface area (Å²) in [6, 6.07) is 11.4. The minimum absolute atomic E-state index is 0.00642. The van der Waals surface area contributed by atoms with Crippen molar-refractivity contribution in [2.24, 2.45) is 4.99 Å². The number of aliphatic hydroxyl groups is 1. The summed E-state index contributed by atoms with van der Waals surface area (Å²) in [5.41, 5.74) is 1.14. The molecule has 0 aliphatic rings. The molecule has 0 saturated heterocycles. The Labute approximate surface area is 131 Å². The van der Waals surface area contributed by atoms with Gasteiger partial charge in [0.15, 0.2) is 0 Å². The Balaban J connectivity index is 1.96. The molecule has 1 atom stereocenters. The Morgan fingerprint density at radius 3 is 1.91 bits per heavy atom. The smallest absolute Gasteiger partial charge is 0.269 e. The number of non-ortho nitro benzene ring substituents is 2. The van der Waals surface area contributed by atoms with Crippen LogP contribution in [0.2, 0.25) is 0 Å². The second-order valence-electron chi connectivity index (χ2n) is 4.71. The van der Waals surface area contributed by atoms with E-state index in [-0.39, 0.29) is 17.9 Å². The van der Waals surface area contributed by atoms with Gasteiger partial charge in [-0.3, -0.25) is 25.2 Å². The van der Waals surface area contributed by atoms with Gasteiger partial charge >= 0.3 is 0 Å². The zero-order valence-corrected chi connectivity index (χ0v) is 11.9. The van der Waals surface area contributed by atoms with Gasteiger partial charge in [0.2, 0.25) is 0 Å². The molecule has 0 bridgehead atoms. The molecule has 8 heteroatoms. The van der Waals surface area contributed by atoms with Crippen molar-refractivity contribution in [1.82, 2.24) is 0 Å². The highest BCUT2D eigenvalue weighted by Crippen LogP contribution is 2.18. The molecule has 0 spiro atoms. The van der Waals surface area contributed by atoms with Gasteiger partial charge in [0.25, 0.3) is 11.4 Å². The highest BCUT2D eigenvalue weighted by atomic mass is 16.6. The number of hydrogen-bond donors (Lipinski definition) is 1. The van der Waals surface area contributed by atoms with Crippen LogP contribution in [-0.2, 0) is 0 Å². The van der Waals surface area contributed by atoms with Gasteiger partial charge in [-0.15, -0.1) is 0 Å². The highest BCUT2D eigenvalue weighted by molar-refractivity contribution is 5.79. The van der Waals surface area contributed by atoms with Crippen LogP contribution in [0.3, 0.4) is 0 Å². The van der Waals surface area contributed by atoms with Crippen molar-refractivity contribution in [2.75, 3.05) is 6.54 Å². The molecule has 0 saturated carbocycles. The number of aliphatic imine (C=N–C) groups is 1. The molecule has 0 aromatic heterocycles. The molecule has 2 aromatic rings. The fourth-order valence-corrected chi connectivity index (χ4v) is 1.86. The van der Waals surface area contributed by atoms with Crippen molar-refractivity contribution in [3.05, 3.63) is 79.9 Å². The van der Waals surface area contributed by atoms with Crippen molar-refractivity contribution in [2.45, 2.75) is 6.10 Å². The summed E-state index contributed by atoms with van der Waals surface area (Å²) in [5, 5.41) is 31.1. The van der Waals surface area contributed by atoms with E-state index in [1.54, 1.807) is 12.1 Å². The lowest BCUT2D eigenvalue weighted by molar-refractivity contribution is -0.385. The summed E-state index contributed by atoms with van der Waals surface area (Å²) >= 11 is 0. The van der Waals surface area contributed by atoms with Crippen molar-refractivity contribution >= 4 is 17.6 Å². The molecular weight excluding hydrogens is 302 g/mol. The van der Waals surface area contributed by atoms with Crippen molar-refractivity contribution in [3.63, 3.8) is 0 Å². The monoisotopic (exact) mass is 315 g/mol. The predicted octanol–water partition coefficient (Wildman–Crippen LogP) is 2.66. The van der Waals surface area contributed by atoms with E-state index < -0.39 is 16.0 Å². The van der Waals surface area contributed by atoms with Gasteiger partial charge in [-0.1, -0.05) is 0 Å². The summed E-state index contributed by atoms with van der Waals surface area (Å²) in [5.74, 6) is 0. The number of nitro benzene ring substituents is 2. The van der Waals surface area contributed by atoms with Crippen LogP contribution in [0, 0.1) is 20.2 Å². The van der Waals surface area contributed by atoms with Gasteiger partial charge in [0, 0.05) is 30.5 Å². The third kappa shape index (κ3) is 4.42. The Bertz CT molecular complexity index is 726. The molecular formula is C15H13N3O5. The maximum absolute atomic E-state index is 10.6. The first-order chi connectivity index (χ1) is 11.0. The standard InChI is InChI=1S/C15H13N3O5/c19-15(12-3-7-14(8-4-12)18(22)23)10-16-9-11-1-5-13(6-2-11)17(20)21/h1-9,15,19H,10H2. The Morgan fingerprint density at radius 2 is 1.43 bits per heavy atom. The molecule has 23 heavy (non-hydrogen) atoms. The predicted molar refractivity (Wildman–Crippen MR) is 83.6 cm³/mol. The largest absolute Gasteiger partial charge is 0.386 e. The average molecular weight is 315 g/mol. The second-order valence-corrected chi connectivity index (χ2v) is 4.71. The summed E-state index contributed by atoms with van der Waals surface area (Å²) in [7, 11) is 0. The zero-order valence-electron chi connectivity index (χ0n) is 11.9. The summed E-state index contributed by atoms with van der Waals surface area (Å²) in [4.78, 5) is 24.2. The molecule has 2 aromatic carbocycles. The summed E-state index contributed by atoms with van der Waals surface area (Å²) in [6.07, 6.45) is 0.614. The van der Waals surface area contributed by atoms with Crippen LogP contribution >= 0.6 is 0 Å². The third-order valence-corrected chi connectivity index (χ3v) is 3.11. The first kappa shape index (κ1) is 16.2. The quantitative estimate of drug-likeness (QED) is 0.499. The molecule has 8 nitrogen and oxygen atoms in total. The lowest BCUT2D eigenvalue weighted by atomic mass is 10.1. The minimum atomic E-state index is -0.884. The lowest BCUT2D eigenvalue weighted by Gasteiger charge is -2.07. The van der Waals surface area contributed by atoms with E-state index in [0.717, 1.165) is 0 Å². The number of aliphatic hydroxyl groups excluding tert-OH is 1. The van der Waals surface area contributed by atoms with Crippen LogP contribution in [0.1, 0.15) is 17.2 Å². The molecule has 0 aliphatic carbocycles. The maximum atomic E-state index is 10.6. The van der Waals surface area contributed by atoms with Crippen molar-refractivity contribution < 1.29 is 15.0 Å². The Kier molecular flexibility index (Phi) is 5.11. The molecule has 0 heterocycles. The fraction of sp³-hybridized carbons (Fsp3) is 0.133. The van der Waals surface area contributed by atoms with Crippen LogP contribution in [0.25, 0.3) is 0 Å². The highest BCUT2D eigenvalue weighted by Gasteiger charge is 2.09. The van der Waals surface area contributed by atoms with Gasteiger partial charge in [-0.05, 0) is 35.4 Å². The van der Waals surface area contributed by atoms with Crippen LogP contribution in [0.5, 0.6) is 0 Å². The molecule has 0 radical (unpaired) electrons. The molecule has 118 valence electrons. The third-order valence-electron chi connectivity index (χ3n) is 3.11. The van der Waals surface area contributed by atoms with E-state index in [1.807, 2.05) is 0 Å². The van der Waals surface area contributed by atoms with Gasteiger partial charge < -0.3 is 5.11 Å². The molecule has 0 amide bonds. The fourth-order valence-electron chi connectivity index (χ4n) is 1.86. The van der Waals surface area contributed by atoms with Crippen molar-refractivity contribution in [3.8, 4) is 0 Å². The van der Waals surface area contributed by atoms with Gasteiger partial charge in [-0.2, -0.15) is 0 Å². The van der Waals surface area contributed by atoms with Crippen LogP contribution < -0.4 is 0 Å². The maximum Gasteiger partial charge on any atom is 0.269 e. The van der Waals surface area contributed by atoms with E-state index in [2.05, 4.69) is 4.99 Å². The number of hydrogen-bond acceptors (Lipinski definition) is 6. The van der Waals surface area contributed by atoms with Crippen molar-refractivity contribution in [1.29, 1.82) is 0 Å². The second kappa shape index (κ2) is 7.23. The normalized spacial score (nSPS) is 12.2. The number of rotatable bonds is 6. The Morgan fingerprint density at radius 1 is 0.957 bits per heavy atom. The minimum Gasteiger partial charge on any atom is -0.386 e. The molecule has 0 aliphatic heterocycles. The molecule has 0 fully saturated rings. The van der Waals surface area contributed by atoms with Gasteiger partial charge in [0.1, 0.15) is 0 Å². The number of nitrogens with zero attached hydrogens (tertiary/aromatic N) is 3. The van der Waals surface area contributed by atoms with E-state index in [1.165, 1.54) is 42.6 Å². The van der Waals surface area contributed by atoms with E-state index in [0.29, 0.717) is 11.1 Å². The first-order valence-electron chi connectivity index (χ1n) is 6.64. The van der Waals surface area contributed by atoms with Crippen LogP contribution in [0.15, 0.2) is 53.5 Å². The molecule has 2 rings (SSSR count). The summed E-state index contributed by atoms with van der Waals surface area (Å²) in [6.45, 7) is 0.0782. The van der Waals surface area contributed by atoms with Gasteiger partial charge in [-0.25, -0.2) is 0 Å². The molecule has 1 unspecified atom stereocenters.